The Morgan fingerprint density at radius 3 is 1.57 bits per heavy atom. The molecule has 0 aliphatic rings. The van der Waals surface area contributed by atoms with Crippen LogP contribution in [0.2, 0.25) is 0 Å². The van der Waals surface area contributed by atoms with Gasteiger partial charge in [0.2, 0.25) is 0 Å². The fourth-order valence-electron chi connectivity index (χ4n) is 0.652. The van der Waals surface area contributed by atoms with Gasteiger partial charge < -0.3 is 9.79 Å². The standard InChI is InChI=1S/C6H7F4O3P/c1-6(2-4(7)8,3-5(9)10)14(11,12)13/h2-3H,1H3,(H2,11,12,13). The quantitative estimate of drug-likeness (QED) is 0.582. The van der Waals surface area contributed by atoms with Gasteiger partial charge in [0.15, 0.2) is 0 Å². The van der Waals surface area contributed by atoms with Crippen molar-refractivity contribution in [3.05, 3.63) is 24.3 Å². The molecule has 0 aromatic rings. The second-order valence-corrected chi connectivity index (χ2v) is 4.69. The maximum absolute atomic E-state index is 11.8. The lowest BCUT2D eigenvalue weighted by Gasteiger charge is -2.21. The second-order valence-electron chi connectivity index (χ2n) is 2.64. The maximum atomic E-state index is 11.8. The molecule has 8 heteroatoms. The van der Waals surface area contributed by atoms with Crippen LogP contribution in [-0.2, 0) is 4.57 Å². The predicted octanol–water partition coefficient (Wildman–Crippen LogP) is 2.48. The first-order valence-electron chi connectivity index (χ1n) is 3.22. The first kappa shape index (κ1) is 13.4. The van der Waals surface area contributed by atoms with Gasteiger partial charge in [-0.3, -0.25) is 4.57 Å². The maximum Gasteiger partial charge on any atom is 0.339 e. The van der Waals surface area contributed by atoms with E-state index in [9.17, 15) is 22.1 Å². The molecular weight excluding hydrogens is 227 g/mol. The van der Waals surface area contributed by atoms with Crippen molar-refractivity contribution >= 4 is 7.60 Å². The number of hydrogen-bond donors (Lipinski definition) is 2. The van der Waals surface area contributed by atoms with E-state index < -0.39 is 24.9 Å². The summed E-state index contributed by atoms with van der Waals surface area (Å²) in [5, 5.41) is -2.68. The minimum Gasteiger partial charge on any atom is -0.324 e. The van der Waals surface area contributed by atoms with E-state index in [1.54, 1.807) is 0 Å². The lowest BCUT2D eigenvalue weighted by molar-refractivity contribution is 0.344. The largest absolute Gasteiger partial charge is 0.339 e. The van der Waals surface area contributed by atoms with Gasteiger partial charge in [-0.2, -0.15) is 17.6 Å². The van der Waals surface area contributed by atoms with Crippen molar-refractivity contribution in [1.82, 2.24) is 0 Å². The molecule has 0 unspecified atom stereocenters. The summed E-state index contributed by atoms with van der Waals surface area (Å²) in [6, 6.07) is 0. The molecule has 0 atom stereocenters. The van der Waals surface area contributed by atoms with E-state index in [0.717, 1.165) is 0 Å². The second kappa shape index (κ2) is 4.25. The highest BCUT2D eigenvalue weighted by Crippen LogP contribution is 2.53. The number of halogens is 4. The predicted molar refractivity (Wildman–Crippen MR) is 41.0 cm³/mol. The summed E-state index contributed by atoms with van der Waals surface area (Å²) >= 11 is 0. The van der Waals surface area contributed by atoms with Crippen molar-refractivity contribution in [2.75, 3.05) is 0 Å². The Labute approximate surface area is 76.9 Å². The summed E-state index contributed by atoms with van der Waals surface area (Å²) in [5.74, 6) is 0. The van der Waals surface area contributed by atoms with Crippen molar-refractivity contribution in [2.45, 2.75) is 12.1 Å². The molecule has 0 fully saturated rings. The Balaban J connectivity index is 5.41. The molecule has 14 heavy (non-hydrogen) atoms. The summed E-state index contributed by atoms with van der Waals surface area (Å²) in [4.78, 5) is 17.2. The molecule has 3 nitrogen and oxygen atoms in total. The van der Waals surface area contributed by atoms with Crippen molar-refractivity contribution in [1.29, 1.82) is 0 Å². The third-order valence-electron chi connectivity index (χ3n) is 1.43. The Morgan fingerprint density at radius 1 is 1.14 bits per heavy atom. The summed E-state index contributed by atoms with van der Waals surface area (Å²) in [6.07, 6.45) is -5.28. The molecule has 0 aliphatic carbocycles. The van der Waals surface area contributed by atoms with Crippen LogP contribution in [0.1, 0.15) is 6.92 Å². The molecule has 0 aromatic heterocycles. The van der Waals surface area contributed by atoms with Gasteiger partial charge in [-0.15, -0.1) is 0 Å². The zero-order valence-corrected chi connectivity index (χ0v) is 7.81. The minimum absolute atomic E-state index is 0.201. The van der Waals surface area contributed by atoms with Gasteiger partial charge in [0, 0.05) is 12.2 Å². The number of hydrogen-bond acceptors (Lipinski definition) is 1. The molecule has 0 rings (SSSR count). The first-order valence-corrected chi connectivity index (χ1v) is 4.83. The average molecular weight is 234 g/mol. The summed E-state index contributed by atoms with van der Waals surface area (Å²) in [5.41, 5.74) is 0. The molecule has 0 spiro atoms. The molecule has 0 saturated carbocycles. The number of allylic oxidation sites excluding steroid dienone is 2. The third kappa shape index (κ3) is 3.61. The monoisotopic (exact) mass is 234 g/mol. The fraction of sp³-hybridized carbons (Fsp3) is 0.333. The summed E-state index contributed by atoms with van der Waals surface area (Å²) in [6.45, 7) is 0.589. The van der Waals surface area contributed by atoms with E-state index in [-0.39, 0.29) is 12.2 Å². The van der Waals surface area contributed by atoms with E-state index in [4.69, 9.17) is 9.79 Å². The average Bonchev–Trinajstić information content (AvgIpc) is 1.78. The lowest BCUT2D eigenvalue weighted by Crippen LogP contribution is -2.19. The van der Waals surface area contributed by atoms with Crippen LogP contribution >= 0.6 is 7.60 Å². The minimum atomic E-state index is -5.11. The van der Waals surface area contributed by atoms with E-state index in [1.807, 2.05) is 0 Å². The van der Waals surface area contributed by atoms with Crippen molar-refractivity contribution in [3.8, 4) is 0 Å². The molecule has 0 aliphatic heterocycles. The fourth-order valence-corrected chi connectivity index (χ4v) is 1.18. The molecule has 0 saturated heterocycles. The zero-order chi connectivity index (χ0) is 11.6. The van der Waals surface area contributed by atoms with Crippen LogP contribution in [0.3, 0.4) is 0 Å². The Morgan fingerprint density at radius 2 is 1.43 bits per heavy atom. The lowest BCUT2D eigenvalue weighted by atomic mass is 10.1. The molecule has 2 N–H and O–H groups in total. The van der Waals surface area contributed by atoms with Gasteiger partial charge >= 0.3 is 7.60 Å². The Kier molecular flexibility index (Phi) is 4.05. The van der Waals surface area contributed by atoms with Crippen LogP contribution in [0.4, 0.5) is 17.6 Å². The molecule has 0 bridgehead atoms. The van der Waals surface area contributed by atoms with E-state index in [1.165, 1.54) is 0 Å². The highest BCUT2D eigenvalue weighted by Gasteiger charge is 2.40. The first-order chi connectivity index (χ1) is 6.08. The molecule has 82 valence electrons. The molecule has 0 heterocycles. The van der Waals surface area contributed by atoms with Crippen LogP contribution in [0, 0.1) is 0 Å². The van der Waals surface area contributed by atoms with Crippen molar-refractivity contribution in [2.24, 2.45) is 0 Å². The van der Waals surface area contributed by atoms with Gasteiger partial charge in [0.25, 0.3) is 12.2 Å². The smallest absolute Gasteiger partial charge is 0.324 e. The van der Waals surface area contributed by atoms with Gasteiger partial charge in [-0.25, -0.2) is 0 Å². The molecule has 0 aromatic carbocycles. The van der Waals surface area contributed by atoms with E-state index in [2.05, 4.69) is 0 Å². The van der Waals surface area contributed by atoms with Crippen molar-refractivity contribution in [3.63, 3.8) is 0 Å². The van der Waals surface area contributed by atoms with Gasteiger partial charge in [-0.05, 0) is 6.92 Å². The highest BCUT2D eigenvalue weighted by molar-refractivity contribution is 7.54. The van der Waals surface area contributed by atoms with Crippen LogP contribution in [0.25, 0.3) is 0 Å². The van der Waals surface area contributed by atoms with Crippen LogP contribution in [-0.4, -0.2) is 14.9 Å². The van der Waals surface area contributed by atoms with E-state index in [0.29, 0.717) is 6.92 Å². The van der Waals surface area contributed by atoms with Gasteiger partial charge in [0.1, 0.15) is 5.16 Å². The van der Waals surface area contributed by atoms with Crippen LogP contribution in [0.5, 0.6) is 0 Å². The van der Waals surface area contributed by atoms with Gasteiger partial charge in [-0.1, -0.05) is 0 Å². The molecule has 0 amide bonds. The normalized spacial score (nSPS) is 12.2. The van der Waals surface area contributed by atoms with E-state index >= 15 is 0 Å². The zero-order valence-electron chi connectivity index (χ0n) is 6.92. The van der Waals surface area contributed by atoms with Crippen molar-refractivity contribution < 1.29 is 31.9 Å². The SMILES string of the molecule is CC(C=C(F)F)(C=C(F)F)P(=O)(O)O. The Hall–Kier alpha value is -0.650. The Bertz CT molecular complexity index is 293. The molecule has 0 radical (unpaired) electrons. The summed E-state index contributed by atoms with van der Waals surface area (Å²) in [7, 11) is -5.11. The highest BCUT2D eigenvalue weighted by atomic mass is 31.2. The van der Waals surface area contributed by atoms with Crippen LogP contribution in [0.15, 0.2) is 24.3 Å². The summed E-state index contributed by atoms with van der Waals surface area (Å²) < 4.78 is 57.7. The topological polar surface area (TPSA) is 57.5 Å². The van der Waals surface area contributed by atoms with Gasteiger partial charge in [0.05, 0.1) is 0 Å². The molecular formula is C6H7F4O3P. The third-order valence-corrected chi connectivity index (χ3v) is 2.94. The van der Waals surface area contributed by atoms with Crippen LogP contribution < -0.4 is 0 Å². The number of rotatable bonds is 3.